The lowest BCUT2D eigenvalue weighted by Crippen LogP contribution is -2.60. The molecule has 1 saturated carbocycles. The Bertz CT molecular complexity index is 1230. The van der Waals surface area contributed by atoms with Crippen LogP contribution in [0.4, 0.5) is 0 Å². The van der Waals surface area contributed by atoms with Gasteiger partial charge in [-0.3, -0.25) is 9.79 Å². The molecular weight excluding hydrogens is 434 g/mol. The molecule has 1 amide bonds. The Morgan fingerprint density at radius 2 is 1.86 bits per heavy atom. The Morgan fingerprint density at radius 3 is 2.60 bits per heavy atom. The number of hydrogen-bond donors (Lipinski definition) is 0. The molecule has 180 valence electrons. The number of rotatable bonds is 6. The number of hydrogen-bond acceptors (Lipinski definition) is 4. The van der Waals surface area contributed by atoms with E-state index in [1.54, 1.807) is 0 Å². The third-order valence-corrected chi connectivity index (χ3v) is 8.00. The van der Waals surface area contributed by atoms with Crippen LogP contribution in [0.1, 0.15) is 56.6 Å². The Kier molecular flexibility index (Phi) is 5.51. The fourth-order valence-corrected chi connectivity index (χ4v) is 6.11. The summed E-state index contributed by atoms with van der Waals surface area (Å²) in [6, 6.07) is 18.9. The van der Waals surface area contributed by atoms with Gasteiger partial charge in [0.05, 0.1) is 5.70 Å². The summed E-state index contributed by atoms with van der Waals surface area (Å²) in [4.78, 5) is 23.1. The number of amidine groups is 1. The highest BCUT2D eigenvalue weighted by molar-refractivity contribution is 6.08. The van der Waals surface area contributed by atoms with Crippen LogP contribution in [-0.2, 0) is 16.9 Å². The number of allylic oxidation sites excluding steroid dienone is 1. The third-order valence-electron chi connectivity index (χ3n) is 8.00. The van der Waals surface area contributed by atoms with Gasteiger partial charge in [0.2, 0.25) is 5.91 Å². The lowest BCUT2D eigenvalue weighted by molar-refractivity contribution is -0.134. The predicted molar refractivity (Wildman–Crippen MR) is 138 cm³/mol. The third kappa shape index (κ3) is 3.78. The van der Waals surface area contributed by atoms with E-state index in [1.165, 1.54) is 18.4 Å². The van der Waals surface area contributed by atoms with Gasteiger partial charge in [-0.05, 0) is 60.2 Å². The average molecular weight is 468 g/mol. The normalized spacial score (nSPS) is 25.8. The summed E-state index contributed by atoms with van der Waals surface area (Å²) in [5, 5.41) is 0. The molecule has 2 bridgehead atoms. The predicted octanol–water partition coefficient (Wildman–Crippen LogP) is 5.58. The van der Waals surface area contributed by atoms with Crippen LogP contribution in [0.5, 0.6) is 5.75 Å². The lowest BCUT2D eigenvalue weighted by atomic mass is 9.74. The molecule has 5 heteroatoms. The van der Waals surface area contributed by atoms with Crippen molar-refractivity contribution in [1.29, 1.82) is 0 Å². The molecule has 3 heterocycles. The number of aliphatic imine (C=N–C) groups is 1. The van der Waals surface area contributed by atoms with Gasteiger partial charge in [-0.15, -0.1) is 0 Å². The molecule has 7 rings (SSSR count). The molecule has 5 aliphatic rings. The number of piperazine rings is 1. The zero-order valence-electron chi connectivity index (χ0n) is 20.6. The van der Waals surface area contributed by atoms with E-state index >= 15 is 0 Å². The summed E-state index contributed by atoms with van der Waals surface area (Å²) in [6.07, 6.45) is 10.8. The SMILES string of the molecule is CC[C@@H]1C(=O)N(C)C2=CC3=CC(c4cccc(OCc5ccccc5)c4)(C3)N=C2N1C1CCCC1. The number of carbonyl (C=O) groups excluding carboxylic acids is 1. The molecule has 1 saturated heterocycles. The molecule has 2 fully saturated rings. The number of likely N-dealkylation sites (N-methyl/N-ethyl adjacent to an activating group) is 1. The van der Waals surface area contributed by atoms with Crippen LogP contribution in [0, 0.1) is 0 Å². The van der Waals surface area contributed by atoms with Crippen LogP contribution >= 0.6 is 0 Å². The molecule has 2 aromatic carbocycles. The Hall–Kier alpha value is -3.34. The first kappa shape index (κ1) is 22.1. The van der Waals surface area contributed by atoms with Crippen molar-refractivity contribution in [3.63, 3.8) is 0 Å². The smallest absolute Gasteiger partial charge is 0.249 e. The van der Waals surface area contributed by atoms with Crippen molar-refractivity contribution < 1.29 is 9.53 Å². The zero-order chi connectivity index (χ0) is 24.0. The minimum absolute atomic E-state index is 0.142. The highest BCUT2D eigenvalue weighted by Crippen LogP contribution is 2.49. The molecule has 0 N–H and O–H groups in total. The summed E-state index contributed by atoms with van der Waals surface area (Å²) in [7, 11) is 1.91. The molecular formula is C30H33N3O2. The second-order valence-corrected chi connectivity index (χ2v) is 10.3. The van der Waals surface area contributed by atoms with E-state index in [0.29, 0.717) is 12.6 Å². The van der Waals surface area contributed by atoms with Crippen LogP contribution in [0.15, 0.2) is 83.0 Å². The first-order chi connectivity index (χ1) is 17.1. The monoisotopic (exact) mass is 467 g/mol. The van der Waals surface area contributed by atoms with E-state index in [1.807, 2.05) is 36.2 Å². The van der Waals surface area contributed by atoms with Gasteiger partial charge in [-0.2, -0.15) is 0 Å². The first-order valence-electron chi connectivity index (χ1n) is 12.9. The number of benzene rings is 2. The van der Waals surface area contributed by atoms with Crippen molar-refractivity contribution >= 4 is 11.7 Å². The fraction of sp³-hybridized carbons (Fsp3) is 0.400. The van der Waals surface area contributed by atoms with Crippen LogP contribution in [0.2, 0.25) is 0 Å². The standard InChI is InChI=1S/C30H33N3O2/c1-3-26-29(34)32(2)27-16-22-18-30(19-22,31-28(27)33(26)24-13-7-8-14-24)23-12-9-15-25(17-23)35-20-21-10-5-4-6-11-21/h4-6,9-12,15-18,24,26H,3,7-8,13-14,19-20H2,1-2H3/t26-,30?/m1/s1. The van der Waals surface area contributed by atoms with Crippen molar-refractivity contribution in [3.8, 4) is 5.75 Å². The fourth-order valence-electron chi connectivity index (χ4n) is 6.11. The van der Waals surface area contributed by atoms with Crippen molar-refractivity contribution in [2.24, 2.45) is 4.99 Å². The zero-order valence-corrected chi connectivity index (χ0v) is 20.6. The van der Waals surface area contributed by atoms with Crippen molar-refractivity contribution in [2.75, 3.05) is 7.05 Å². The molecule has 2 atom stereocenters. The molecule has 0 aromatic heterocycles. The van der Waals surface area contributed by atoms with Crippen molar-refractivity contribution in [3.05, 3.63) is 89.1 Å². The molecule has 1 unspecified atom stereocenters. The molecule has 0 radical (unpaired) electrons. The second kappa shape index (κ2) is 8.71. The maximum Gasteiger partial charge on any atom is 0.249 e. The van der Waals surface area contributed by atoms with Crippen LogP contribution < -0.4 is 4.74 Å². The molecule has 2 aliphatic carbocycles. The van der Waals surface area contributed by atoms with E-state index in [9.17, 15) is 4.79 Å². The average Bonchev–Trinajstić information content (AvgIpc) is 3.27. The molecule has 35 heavy (non-hydrogen) atoms. The van der Waals surface area contributed by atoms with Gasteiger partial charge < -0.3 is 14.5 Å². The van der Waals surface area contributed by atoms with Gasteiger partial charge in [-0.25, -0.2) is 0 Å². The summed E-state index contributed by atoms with van der Waals surface area (Å²) < 4.78 is 6.15. The molecule has 5 nitrogen and oxygen atoms in total. The van der Waals surface area contributed by atoms with Gasteiger partial charge in [0.25, 0.3) is 0 Å². The molecule has 2 aromatic rings. The summed E-state index contributed by atoms with van der Waals surface area (Å²) >= 11 is 0. The molecule has 3 aliphatic heterocycles. The second-order valence-electron chi connectivity index (χ2n) is 10.3. The topological polar surface area (TPSA) is 45.1 Å². The summed E-state index contributed by atoms with van der Waals surface area (Å²) in [6.45, 7) is 2.66. The summed E-state index contributed by atoms with van der Waals surface area (Å²) in [5.74, 6) is 2.04. The van der Waals surface area contributed by atoms with Crippen molar-refractivity contribution in [1.82, 2.24) is 9.80 Å². The summed E-state index contributed by atoms with van der Waals surface area (Å²) in [5.41, 5.74) is 4.08. The number of amides is 1. The number of ether oxygens (including phenoxy) is 1. The number of nitrogens with zero attached hydrogens (tertiary/aromatic N) is 3. The minimum Gasteiger partial charge on any atom is -0.489 e. The van der Waals surface area contributed by atoms with Gasteiger partial charge in [-0.1, -0.05) is 62.2 Å². The van der Waals surface area contributed by atoms with E-state index in [-0.39, 0.29) is 11.9 Å². The van der Waals surface area contributed by atoms with E-state index in [0.717, 1.165) is 54.1 Å². The Morgan fingerprint density at radius 1 is 1.09 bits per heavy atom. The minimum atomic E-state index is -0.411. The Balaban J connectivity index is 1.36. The highest BCUT2D eigenvalue weighted by atomic mass is 16.5. The van der Waals surface area contributed by atoms with E-state index in [4.69, 9.17) is 9.73 Å². The van der Waals surface area contributed by atoms with Crippen molar-refractivity contribution in [2.45, 2.75) is 69.7 Å². The maximum atomic E-state index is 13.3. The van der Waals surface area contributed by atoms with Gasteiger partial charge in [0, 0.05) is 19.5 Å². The van der Waals surface area contributed by atoms with Crippen LogP contribution in [0.3, 0.4) is 0 Å². The largest absolute Gasteiger partial charge is 0.489 e. The van der Waals surface area contributed by atoms with Crippen LogP contribution in [0.25, 0.3) is 0 Å². The van der Waals surface area contributed by atoms with E-state index < -0.39 is 5.54 Å². The van der Waals surface area contributed by atoms with Gasteiger partial charge >= 0.3 is 0 Å². The Labute approximate surface area is 207 Å². The van der Waals surface area contributed by atoms with Gasteiger partial charge in [0.15, 0.2) is 0 Å². The molecule has 0 spiro atoms. The van der Waals surface area contributed by atoms with Gasteiger partial charge in [0.1, 0.15) is 29.8 Å². The maximum absolute atomic E-state index is 13.3. The highest BCUT2D eigenvalue weighted by Gasteiger charge is 2.48. The lowest BCUT2D eigenvalue weighted by Gasteiger charge is -2.46. The number of carbonyl (C=O) groups is 1. The van der Waals surface area contributed by atoms with Crippen LogP contribution in [-0.4, -0.2) is 40.7 Å². The quantitative estimate of drug-likeness (QED) is 0.557. The first-order valence-corrected chi connectivity index (χ1v) is 12.9. The van der Waals surface area contributed by atoms with E-state index in [2.05, 4.69) is 54.3 Å².